The molecular formula is C16H27N3. The second-order valence-corrected chi connectivity index (χ2v) is 5.23. The number of hydrogen-bond acceptors (Lipinski definition) is 1. The Kier molecular flexibility index (Phi) is 6.40. The third-order valence-corrected chi connectivity index (χ3v) is 3.53. The highest BCUT2D eigenvalue weighted by atomic mass is 15.2. The summed E-state index contributed by atoms with van der Waals surface area (Å²) < 4.78 is 0. The number of aryl methyl sites for hydroxylation is 1. The number of rotatable bonds is 5. The highest BCUT2D eigenvalue weighted by molar-refractivity contribution is 5.79. The van der Waals surface area contributed by atoms with Gasteiger partial charge in [-0.1, -0.05) is 45.0 Å². The van der Waals surface area contributed by atoms with Crippen LogP contribution in [0.2, 0.25) is 0 Å². The molecular weight excluding hydrogens is 234 g/mol. The lowest BCUT2D eigenvalue weighted by Crippen LogP contribution is -2.43. The van der Waals surface area contributed by atoms with Gasteiger partial charge in [0.25, 0.3) is 0 Å². The van der Waals surface area contributed by atoms with E-state index in [1.165, 1.54) is 11.1 Å². The molecule has 1 aromatic rings. The number of nitrogens with one attached hydrogen (secondary N) is 2. The van der Waals surface area contributed by atoms with Crippen LogP contribution in [-0.4, -0.2) is 19.0 Å². The molecule has 0 amide bonds. The van der Waals surface area contributed by atoms with Crippen molar-refractivity contribution in [2.75, 3.05) is 7.05 Å². The van der Waals surface area contributed by atoms with Crippen molar-refractivity contribution < 1.29 is 0 Å². The van der Waals surface area contributed by atoms with Gasteiger partial charge in [-0.2, -0.15) is 0 Å². The minimum absolute atomic E-state index is 0.410. The van der Waals surface area contributed by atoms with Gasteiger partial charge in [0.15, 0.2) is 5.96 Å². The molecule has 3 heteroatoms. The van der Waals surface area contributed by atoms with Crippen LogP contribution in [0.5, 0.6) is 0 Å². The van der Waals surface area contributed by atoms with Gasteiger partial charge in [-0.15, -0.1) is 0 Å². The maximum atomic E-state index is 4.28. The highest BCUT2D eigenvalue weighted by Gasteiger charge is 2.09. The second-order valence-electron chi connectivity index (χ2n) is 5.23. The van der Waals surface area contributed by atoms with Gasteiger partial charge in [0, 0.05) is 19.6 Å². The van der Waals surface area contributed by atoms with Crippen LogP contribution in [0.1, 0.15) is 38.8 Å². The topological polar surface area (TPSA) is 36.4 Å². The van der Waals surface area contributed by atoms with E-state index in [0.717, 1.165) is 18.9 Å². The Bertz CT molecular complexity index is 410. The molecule has 1 aromatic carbocycles. The van der Waals surface area contributed by atoms with Crippen molar-refractivity contribution >= 4 is 5.96 Å². The summed E-state index contributed by atoms with van der Waals surface area (Å²) in [5.74, 6) is 1.45. The van der Waals surface area contributed by atoms with Crippen molar-refractivity contribution in [3.8, 4) is 0 Å². The smallest absolute Gasteiger partial charge is 0.191 e. The fourth-order valence-electron chi connectivity index (χ4n) is 1.83. The van der Waals surface area contributed by atoms with Crippen LogP contribution < -0.4 is 10.6 Å². The third kappa shape index (κ3) is 4.93. The SMILES string of the molecule is CCc1ccccc1CNC(=NC)NC(C)C(C)C. The van der Waals surface area contributed by atoms with Crippen molar-refractivity contribution in [2.45, 2.75) is 46.7 Å². The van der Waals surface area contributed by atoms with E-state index < -0.39 is 0 Å². The molecule has 0 saturated heterocycles. The Hall–Kier alpha value is -1.51. The van der Waals surface area contributed by atoms with Crippen LogP contribution in [0.25, 0.3) is 0 Å². The van der Waals surface area contributed by atoms with Gasteiger partial charge >= 0.3 is 0 Å². The Morgan fingerprint density at radius 1 is 1.16 bits per heavy atom. The van der Waals surface area contributed by atoms with E-state index in [1.807, 2.05) is 7.05 Å². The van der Waals surface area contributed by atoms with Crippen molar-refractivity contribution in [3.63, 3.8) is 0 Å². The summed E-state index contributed by atoms with van der Waals surface area (Å²) in [6, 6.07) is 8.95. The van der Waals surface area contributed by atoms with Gasteiger partial charge in [-0.25, -0.2) is 0 Å². The molecule has 1 rings (SSSR count). The predicted octanol–water partition coefficient (Wildman–Crippen LogP) is 2.96. The maximum absolute atomic E-state index is 4.28. The van der Waals surface area contributed by atoms with Crippen LogP contribution in [0.4, 0.5) is 0 Å². The number of benzene rings is 1. The third-order valence-electron chi connectivity index (χ3n) is 3.53. The van der Waals surface area contributed by atoms with Crippen molar-refractivity contribution in [1.29, 1.82) is 0 Å². The van der Waals surface area contributed by atoms with E-state index in [2.05, 4.69) is 67.6 Å². The lowest BCUT2D eigenvalue weighted by molar-refractivity contribution is 0.481. The summed E-state index contributed by atoms with van der Waals surface area (Å²) >= 11 is 0. The van der Waals surface area contributed by atoms with Crippen LogP contribution in [0, 0.1) is 5.92 Å². The van der Waals surface area contributed by atoms with E-state index in [9.17, 15) is 0 Å². The number of aliphatic imine (C=N–C) groups is 1. The zero-order valence-electron chi connectivity index (χ0n) is 12.8. The number of guanidine groups is 1. The molecule has 0 aliphatic rings. The molecule has 1 atom stereocenters. The summed E-state index contributed by atoms with van der Waals surface area (Å²) in [5, 5.41) is 6.80. The van der Waals surface area contributed by atoms with Gasteiger partial charge in [-0.05, 0) is 30.4 Å². The lowest BCUT2D eigenvalue weighted by Gasteiger charge is -2.21. The van der Waals surface area contributed by atoms with Crippen molar-refractivity contribution in [2.24, 2.45) is 10.9 Å². The van der Waals surface area contributed by atoms with Gasteiger partial charge < -0.3 is 10.6 Å². The van der Waals surface area contributed by atoms with Gasteiger partial charge in [0.05, 0.1) is 0 Å². The minimum Gasteiger partial charge on any atom is -0.354 e. The standard InChI is InChI=1S/C16H27N3/c1-6-14-9-7-8-10-15(14)11-18-16(17-5)19-13(4)12(2)3/h7-10,12-13H,6,11H2,1-5H3,(H2,17,18,19). The quantitative estimate of drug-likeness (QED) is 0.631. The monoisotopic (exact) mass is 261 g/mol. The lowest BCUT2D eigenvalue weighted by atomic mass is 10.1. The second kappa shape index (κ2) is 7.82. The number of nitrogens with zero attached hydrogens (tertiary/aromatic N) is 1. The first-order valence-electron chi connectivity index (χ1n) is 7.12. The molecule has 0 heterocycles. The Morgan fingerprint density at radius 3 is 2.32 bits per heavy atom. The van der Waals surface area contributed by atoms with Gasteiger partial charge in [0.2, 0.25) is 0 Å². The molecule has 2 N–H and O–H groups in total. The predicted molar refractivity (Wildman–Crippen MR) is 83.5 cm³/mol. The summed E-state index contributed by atoms with van der Waals surface area (Å²) in [4.78, 5) is 4.28. The summed E-state index contributed by atoms with van der Waals surface area (Å²) in [6.07, 6.45) is 1.06. The molecule has 106 valence electrons. The molecule has 0 spiro atoms. The van der Waals surface area contributed by atoms with Crippen molar-refractivity contribution in [1.82, 2.24) is 10.6 Å². The molecule has 1 unspecified atom stereocenters. The Morgan fingerprint density at radius 2 is 1.79 bits per heavy atom. The highest BCUT2D eigenvalue weighted by Crippen LogP contribution is 2.08. The molecule has 3 nitrogen and oxygen atoms in total. The first kappa shape index (κ1) is 15.5. The fraction of sp³-hybridized carbons (Fsp3) is 0.562. The summed E-state index contributed by atoms with van der Waals surface area (Å²) in [6.45, 7) is 9.59. The molecule has 0 aliphatic heterocycles. The van der Waals surface area contributed by atoms with Crippen LogP contribution >= 0.6 is 0 Å². The van der Waals surface area contributed by atoms with E-state index in [1.54, 1.807) is 0 Å². The average Bonchev–Trinajstić information content (AvgIpc) is 2.43. The Balaban J connectivity index is 2.59. The van der Waals surface area contributed by atoms with Gasteiger partial charge in [0.1, 0.15) is 0 Å². The largest absolute Gasteiger partial charge is 0.354 e. The molecule has 0 saturated carbocycles. The van der Waals surface area contributed by atoms with Crippen LogP contribution in [0.15, 0.2) is 29.3 Å². The fourth-order valence-corrected chi connectivity index (χ4v) is 1.83. The first-order chi connectivity index (χ1) is 9.08. The summed E-state index contributed by atoms with van der Waals surface area (Å²) in [7, 11) is 1.81. The van der Waals surface area contributed by atoms with Crippen LogP contribution in [-0.2, 0) is 13.0 Å². The minimum atomic E-state index is 0.410. The van der Waals surface area contributed by atoms with E-state index >= 15 is 0 Å². The molecule has 0 radical (unpaired) electrons. The molecule has 0 bridgehead atoms. The van der Waals surface area contributed by atoms with E-state index in [-0.39, 0.29) is 0 Å². The van der Waals surface area contributed by atoms with Gasteiger partial charge in [-0.3, -0.25) is 4.99 Å². The number of hydrogen-bond donors (Lipinski definition) is 2. The first-order valence-corrected chi connectivity index (χ1v) is 7.12. The zero-order valence-corrected chi connectivity index (χ0v) is 12.8. The Labute approximate surface area is 117 Å². The molecule has 0 aliphatic carbocycles. The van der Waals surface area contributed by atoms with Crippen molar-refractivity contribution in [3.05, 3.63) is 35.4 Å². The zero-order chi connectivity index (χ0) is 14.3. The molecule has 0 fully saturated rings. The molecule has 0 aromatic heterocycles. The maximum Gasteiger partial charge on any atom is 0.191 e. The summed E-state index contributed by atoms with van der Waals surface area (Å²) in [5.41, 5.74) is 2.73. The van der Waals surface area contributed by atoms with Crippen LogP contribution in [0.3, 0.4) is 0 Å². The van der Waals surface area contributed by atoms with E-state index in [4.69, 9.17) is 0 Å². The van der Waals surface area contributed by atoms with E-state index in [0.29, 0.717) is 12.0 Å². The normalized spacial score (nSPS) is 13.5. The average molecular weight is 261 g/mol. The molecule has 19 heavy (non-hydrogen) atoms.